The van der Waals surface area contributed by atoms with Crippen LogP contribution in [0.1, 0.15) is 36.2 Å². The van der Waals surface area contributed by atoms with E-state index in [0.29, 0.717) is 10.9 Å². The number of aryl methyl sites for hydroxylation is 1. The van der Waals surface area contributed by atoms with E-state index in [9.17, 15) is 12.8 Å². The smallest absolute Gasteiger partial charge is 0.241 e. The number of hydrogen-bond acceptors (Lipinski definition) is 4. The van der Waals surface area contributed by atoms with E-state index in [-0.39, 0.29) is 21.4 Å². The van der Waals surface area contributed by atoms with Crippen LogP contribution >= 0.6 is 27.5 Å². The molecule has 1 aliphatic rings. The first kappa shape index (κ1) is 18.0. The topological polar surface area (TPSA) is 72.0 Å². The summed E-state index contributed by atoms with van der Waals surface area (Å²) < 4.78 is 41.5. The predicted molar refractivity (Wildman–Crippen MR) is 94.9 cm³/mol. The van der Waals surface area contributed by atoms with Crippen LogP contribution < -0.4 is 4.72 Å². The molecule has 24 heavy (non-hydrogen) atoms. The standard InChI is InChI=1S/C15H16BrClFN3O2S/c1-15(2,18)7-19-24(22,23)12-5-9-8(3-4-11(9)16)14-10(12)6-13(17)20-21-14/h5-6,11,19H,3-4,7H2,1-2H3. The highest BCUT2D eigenvalue weighted by atomic mass is 79.9. The molecule has 130 valence electrons. The van der Waals surface area contributed by atoms with Gasteiger partial charge in [0, 0.05) is 16.8 Å². The number of benzene rings is 1. The number of hydrogen-bond donors (Lipinski definition) is 1. The van der Waals surface area contributed by atoms with Crippen LogP contribution in [-0.2, 0) is 16.4 Å². The summed E-state index contributed by atoms with van der Waals surface area (Å²) >= 11 is 9.47. The molecule has 1 aromatic heterocycles. The first-order valence-electron chi connectivity index (χ1n) is 7.40. The minimum atomic E-state index is -3.92. The molecule has 2 aromatic rings. The second kappa shape index (κ2) is 6.16. The molecule has 0 saturated heterocycles. The molecule has 1 N–H and O–H groups in total. The van der Waals surface area contributed by atoms with E-state index in [1.165, 1.54) is 19.9 Å². The van der Waals surface area contributed by atoms with E-state index in [1.54, 1.807) is 6.07 Å². The van der Waals surface area contributed by atoms with E-state index < -0.39 is 15.7 Å². The fourth-order valence-corrected chi connectivity index (χ4v) is 4.96. The Labute approximate surface area is 153 Å². The van der Waals surface area contributed by atoms with Gasteiger partial charge in [0.2, 0.25) is 10.0 Å². The average molecular weight is 437 g/mol. The van der Waals surface area contributed by atoms with E-state index in [4.69, 9.17) is 11.6 Å². The largest absolute Gasteiger partial charge is 0.243 e. The Morgan fingerprint density at radius 2 is 2.12 bits per heavy atom. The molecule has 1 unspecified atom stereocenters. The Morgan fingerprint density at radius 1 is 1.42 bits per heavy atom. The van der Waals surface area contributed by atoms with Crippen molar-refractivity contribution in [2.45, 2.75) is 42.1 Å². The SMILES string of the molecule is CC(C)(F)CNS(=O)(=O)c1cc2c(c3nnc(Cl)cc13)CCC2Br. The number of aromatic nitrogens is 2. The highest BCUT2D eigenvalue weighted by Crippen LogP contribution is 2.42. The molecule has 3 rings (SSSR count). The van der Waals surface area contributed by atoms with Gasteiger partial charge in [-0.2, -0.15) is 0 Å². The minimum Gasteiger partial charge on any atom is -0.243 e. The van der Waals surface area contributed by atoms with Crippen LogP contribution in [0.15, 0.2) is 17.0 Å². The molecule has 0 aliphatic heterocycles. The van der Waals surface area contributed by atoms with Crippen molar-refractivity contribution in [2.24, 2.45) is 0 Å². The third-order valence-corrected chi connectivity index (χ3v) is 6.48. The number of fused-ring (bicyclic) bond motifs is 3. The van der Waals surface area contributed by atoms with Crippen LogP contribution in [-0.4, -0.2) is 30.8 Å². The van der Waals surface area contributed by atoms with Crippen molar-refractivity contribution < 1.29 is 12.8 Å². The van der Waals surface area contributed by atoms with Gasteiger partial charge in [-0.1, -0.05) is 27.5 Å². The molecule has 5 nitrogen and oxygen atoms in total. The molecule has 1 atom stereocenters. The number of nitrogens with zero attached hydrogens (tertiary/aromatic N) is 2. The van der Waals surface area contributed by atoms with Gasteiger partial charge in [0.05, 0.1) is 10.4 Å². The highest BCUT2D eigenvalue weighted by Gasteiger charge is 2.30. The zero-order valence-corrected chi connectivity index (χ0v) is 16.3. The molecular formula is C15H16BrClFN3O2S. The summed E-state index contributed by atoms with van der Waals surface area (Å²) in [4.78, 5) is 0.101. The first-order valence-corrected chi connectivity index (χ1v) is 10.2. The lowest BCUT2D eigenvalue weighted by atomic mass is 10.1. The van der Waals surface area contributed by atoms with Gasteiger partial charge < -0.3 is 0 Å². The monoisotopic (exact) mass is 435 g/mol. The lowest BCUT2D eigenvalue weighted by molar-refractivity contribution is 0.221. The molecule has 0 bridgehead atoms. The summed E-state index contributed by atoms with van der Waals surface area (Å²) in [6, 6.07) is 3.11. The maximum absolute atomic E-state index is 13.7. The highest BCUT2D eigenvalue weighted by molar-refractivity contribution is 9.09. The Balaban J connectivity index is 2.20. The van der Waals surface area contributed by atoms with Gasteiger partial charge in [-0.25, -0.2) is 17.5 Å². The minimum absolute atomic E-state index is 0.0450. The van der Waals surface area contributed by atoms with Gasteiger partial charge in [-0.15, -0.1) is 10.2 Å². The van der Waals surface area contributed by atoms with Crippen molar-refractivity contribution in [3.05, 3.63) is 28.4 Å². The molecular weight excluding hydrogens is 421 g/mol. The molecule has 0 saturated carbocycles. The maximum atomic E-state index is 13.7. The van der Waals surface area contributed by atoms with Gasteiger partial charge >= 0.3 is 0 Å². The van der Waals surface area contributed by atoms with Crippen LogP contribution in [0, 0.1) is 0 Å². The lowest BCUT2D eigenvalue weighted by Gasteiger charge is -2.17. The second-order valence-corrected chi connectivity index (χ2v) is 9.65. The summed E-state index contributed by atoms with van der Waals surface area (Å²) in [5.41, 5.74) is 0.716. The number of halogens is 3. The fourth-order valence-electron chi connectivity index (χ4n) is 2.76. The molecule has 0 amide bonds. The van der Waals surface area contributed by atoms with E-state index >= 15 is 0 Å². The van der Waals surface area contributed by atoms with Crippen molar-refractivity contribution in [2.75, 3.05) is 6.54 Å². The molecule has 1 heterocycles. The Kier molecular flexibility index (Phi) is 4.61. The number of rotatable bonds is 4. The van der Waals surface area contributed by atoms with E-state index in [1.807, 2.05) is 0 Å². The Hall–Kier alpha value is -0.830. The normalized spacial score (nSPS) is 18.1. The average Bonchev–Trinajstić information content (AvgIpc) is 2.85. The predicted octanol–water partition coefficient (Wildman–Crippen LogP) is 3.69. The molecule has 0 spiro atoms. The van der Waals surface area contributed by atoms with Crippen LogP contribution in [0.4, 0.5) is 4.39 Å². The van der Waals surface area contributed by atoms with Gasteiger partial charge in [-0.3, -0.25) is 0 Å². The summed E-state index contributed by atoms with van der Waals surface area (Å²) in [5.74, 6) is 0. The van der Waals surface area contributed by atoms with E-state index in [2.05, 4.69) is 30.8 Å². The lowest BCUT2D eigenvalue weighted by Crippen LogP contribution is -2.35. The van der Waals surface area contributed by atoms with Gasteiger partial charge in [0.15, 0.2) is 5.15 Å². The van der Waals surface area contributed by atoms with Crippen LogP contribution in [0.25, 0.3) is 10.9 Å². The van der Waals surface area contributed by atoms with Gasteiger partial charge in [0.25, 0.3) is 0 Å². The van der Waals surface area contributed by atoms with Gasteiger partial charge in [-0.05, 0) is 49.9 Å². The Morgan fingerprint density at radius 3 is 2.79 bits per heavy atom. The maximum Gasteiger partial charge on any atom is 0.241 e. The molecule has 9 heteroatoms. The first-order chi connectivity index (χ1) is 11.1. The third-order valence-electron chi connectivity index (χ3n) is 3.91. The van der Waals surface area contributed by atoms with Gasteiger partial charge in [0.1, 0.15) is 5.67 Å². The number of alkyl halides is 2. The van der Waals surface area contributed by atoms with Crippen molar-refractivity contribution >= 4 is 48.5 Å². The van der Waals surface area contributed by atoms with Crippen molar-refractivity contribution in [3.8, 4) is 0 Å². The van der Waals surface area contributed by atoms with Crippen LogP contribution in [0.3, 0.4) is 0 Å². The molecule has 1 aromatic carbocycles. The fraction of sp³-hybridized carbons (Fsp3) is 0.467. The Bertz CT molecular complexity index is 915. The van der Waals surface area contributed by atoms with Crippen LogP contribution in [0.5, 0.6) is 0 Å². The zero-order chi connectivity index (χ0) is 17.7. The van der Waals surface area contributed by atoms with E-state index in [0.717, 1.165) is 24.0 Å². The summed E-state index contributed by atoms with van der Waals surface area (Å²) in [5, 5.41) is 8.46. The zero-order valence-electron chi connectivity index (χ0n) is 13.1. The van der Waals surface area contributed by atoms with Crippen molar-refractivity contribution in [1.29, 1.82) is 0 Å². The summed E-state index contributed by atoms with van der Waals surface area (Å²) in [6.07, 6.45) is 1.63. The van der Waals surface area contributed by atoms with Crippen LogP contribution in [0.2, 0.25) is 5.15 Å². The molecule has 0 fully saturated rings. The molecule has 1 aliphatic carbocycles. The number of nitrogens with one attached hydrogen (secondary N) is 1. The summed E-state index contributed by atoms with van der Waals surface area (Å²) in [6.45, 7) is 2.30. The summed E-state index contributed by atoms with van der Waals surface area (Å²) in [7, 11) is -3.92. The quantitative estimate of drug-likeness (QED) is 0.742. The number of sulfonamides is 1. The van der Waals surface area contributed by atoms with Crippen molar-refractivity contribution in [3.63, 3.8) is 0 Å². The molecule has 0 radical (unpaired) electrons. The third kappa shape index (κ3) is 3.42. The second-order valence-electron chi connectivity index (χ2n) is 6.42. The van der Waals surface area contributed by atoms with Crippen molar-refractivity contribution in [1.82, 2.24) is 14.9 Å².